The standard InChI is InChI=1S/C12H23NO2/c1-6-13(7-2)11(14)9-8-10(9)15-12(3,4)5/h9-10H,6-8H2,1-5H3/t9-,10+/m0/s1. The molecule has 0 heterocycles. The van der Waals surface area contributed by atoms with E-state index in [0.29, 0.717) is 0 Å². The molecule has 0 saturated heterocycles. The molecule has 3 nitrogen and oxygen atoms in total. The van der Waals surface area contributed by atoms with E-state index in [2.05, 4.69) is 0 Å². The molecule has 1 saturated carbocycles. The summed E-state index contributed by atoms with van der Waals surface area (Å²) in [6.45, 7) is 11.7. The van der Waals surface area contributed by atoms with Crippen LogP contribution in [0.15, 0.2) is 0 Å². The highest BCUT2D eigenvalue weighted by atomic mass is 16.5. The van der Waals surface area contributed by atoms with Crippen LogP contribution in [0.3, 0.4) is 0 Å². The number of hydrogen-bond donors (Lipinski definition) is 0. The number of ether oxygens (including phenoxy) is 1. The molecule has 0 N–H and O–H groups in total. The van der Waals surface area contributed by atoms with E-state index in [-0.39, 0.29) is 23.5 Å². The molecule has 0 aromatic rings. The second kappa shape index (κ2) is 4.52. The van der Waals surface area contributed by atoms with Crippen LogP contribution in [0.1, 0.15) is 41.0 Å². The Hall–Kier alpha value is -0.570. The number of carbonyl (C=O) groups is 1. The molecule has 1 rings (SSSR count). The van der Waals surface area contributed by atoms with Gasteiger partial charge in [0.25, 0.3) is 0 Å². The van der Waals surface area contributed by atoms with Crippen molar-refractivity contribution < 1.29 is 9.53 Å². The van der Waals surface area contributed by atoms with Gasteiger partial charge in [0.2, 0.25) is 5.91 Å². The molecule has 0 aromatic heterocycles. The third-order valence-electron chi connectivity index (χ3n) is 2.63. The third kappa shape index (κ3) is 3.49. The Bertz CT molecular complexity index is 228. The van der Waals surface area contributed by atoms with Gasteiger partial charge >= 0.3 is 0 Å². The summed E-state index contributed by atoms with van der Waals surface area (Å²) in [5.41, 5.74) is -0.136. The van der Waals surface area contributed by atoms with E-state index in [1.807, 2.05) is 39.5 Å². The first kappa shape index (κ1) is 12.5. The van der Waals surface area contributed by atoms with Crippen LogP contribution < -0.4 is 0 Å². The van der Waals surface area contributed by atoms with E-state index in [1.54, 1.807) is 0 Å². The van der Waals surface area contributed by atoms with Gasteiger partial charge < -0.3 is 9.64 Å². The molecule has 3 heteroatoms. The molecule has 0 aliphatic heterocycles. The highest BCUT2D eigenvalue weighted by Gasteiger charge is 2.47. The van der Waals surface area contributed by atoms with E-state index < -0.39 is 0 Å². The highest BCUT2D eigenvalue weighted by molar-refractivity contribution is 5.82. The summed E-state index contributed by atoms with van der Waals surface area (Å²) < 4.78 is 5.77. The van der Waals surface area contributed by atoms with Gasteiger partial charge in [-0.2, -0.15) is 0 Å². The summed E-state index contributed by atoms with van der Waals surface area (Å²) in [6, 6.07) is 0. The zero-order chi connectivity index (χ0) is 11.6. The molecule has 1 amide bonds. The van der Waals surface area contributed by atoms with Gasteiger partial charge in [-0.3, -0.25) is 4.79 Å². The first-order valence-corrected chi connectivity index (χ1v) is 5.85. The van der Waals surface area contributed by atoms with Gasteiger partial charge in [-0.1, -0.05) is 0 Å². The number of carbonyl (C=O) groups excluding carboxylic acids is 1. The van der Waals surface area contributed by atoms with Crippen LogP contribution in [0.4, 0.5) is 0 Å². The lowest BCUT2D eigenvalue weighted by Gasteiger charge is -2.21. The lowest BCUT2D eigenvalue weighted by atomic mass is 10.2. The fraction of sp³-hybridized carbons (Fsp3) is 0.917. The topological polar surface area (TPSA) is 29.5 Å². The molecule has 1 fully saturated rings. The minimum absolute atomic E-state index is 0.115. The van der Waals surface area contributed by atoms with Crippen molar-refractivity contribution in [3.63, 3.8) is 0 Å². The molecule has 0 radical (unpaired) electrons. The van der Waals surface area contributed by atoms with Crippen molar-refractivity contribution in [1.29, 1.82) is 0 Å². The van der Waals surface area contributed by atoms with E-state index in [4.69, 9.17) is 4.74 Å². The Morgan fingerprint density at radius 3 is 2.27 bits per heavy atom. The molecule has 0 spiro atoms. The zero-order valence-electron chi connectivity index (χ0n) is 10.5. The van der Waals surface area contributed by atoms with Crippen LogP contribution in [0.5, 0.6) is 0 Å². The summed E-state index contributed by atoms with van der Waals surface area (Å²) in [4.78, 5) is 13.8. The molecule has 0 aromatic carbocycles. The summed E-state index contributed by atoms with van der Waals surface area (Å²) in [7, 11) is 0. The number of rotatable bonds is 4. The number of nitrogens with zero attached hydrogens (tertiary/aromatic N) is 1. The highest BCUT2D eigenvalue weighted by Crippen LogP contribution is 2.38. The van der Waals surface area contributed by atoms with Crippen LogP contribution in [0.2, 0.25) is 0 Å². The van der Waals surface area contributed by atoms with Crippen molar-refractivity contribution in [1.82, 2.24) is 4.90 Å². The van der Waals surface area contributed by atoms with E-state index in [0.717, 1.165) is 19.5 Å². The number of hydrogen-bond acceptors (Lipinski definition) is 2. The third-order valence-corrected chi connectivity index (χ3v) is 2.63. The van der Waals surface area contributed by atoms with Gasteiger partial charge in [0.1, 0.15) is 0 Å². The maximum Gasteiger partial charge on any atom is 0.228 e. The fourth-order valence-electron chi connectivity index (χ4n) is 1.79. The Morgan fingerprint density at radius 1 is 1.33 bits per heavy atom. The number of amides is 1. The molecule has 88 valence electrons. The molecular weight excluding hydrogens is 190 g/mol. The minimum Gasteiger partial charge on any atom is -0.372 e. The van der Waals surface area contributed by atoms with Crippen LogP contribution >= 0.6 is 0 Å². The van der Waals surface area contributed by atoms with Crippen LogP contribution in [-0.2, 0) is 9.53 Å². The fourth-order valence-corrected chi connectivity index (χ4v) is 1.79. The Labute approximate surface area is 92.8 Å². The maximum atomic E-state index is 11.9. The van der Waals surface area contributed by atoms with Crippen molar-refractivity contribution in [2.45, 2.75) is 52.7 Å². The van der Waals surface area contributed by atoms with Gasteiger partial charge in [0.15, 0.2) is 0 Å². The quantitative estimate of drug-likeness (QED) is 0.715. The molecular formula is C12H23NO2. The van der Waals surface area contributed by atoms with Gasteiger partial charge in [0.05, 0.1) is 17.6 Å². The van der Waals surface area contributed by atoms with Crippen molar-refractivity contribution in [3.8, 4) is 0 Å². The SMILES string of the molecule is CCN(CC)C(=O)[C@H]1C[C@H]1OC(C)(C)C. The van der Waals surface area contributed by atoms with E-state index in [1.165, 1.54) is 0 Å². The lowest BCUT2D eigenvalue weighted by molar-refractivity contribution is -0.134. The molecule has 2 atom stereocenters. The summed E-state index contributed by atoms with van der Waals surface area (Å²) in [5, 5.41) is 0. The average Bonchev–Trinajstić information content (AvgIpc) is 2.82. The molecule has 1 aliphatic rings. The van der Waals surface area contributed by atoms with Gasteiger partial charge in [0, 0.05) is 13.1 Å². The second-order valence-corrected chi connectivity index (χ2v) is 5.12. The van der Waals surface area contributed by atoms with E-state index in [9.17, 15) is 4.79 Å². The smallest absolute Gasteiger partial charge is 0.228 e. The van der Waals surface area contributed by atoms with Crippen molar-refractivity contribution in [3.05, 3.63) is 0 Å². The van der Waals surface area contributed by atoms with Crippen LogP contribution in [0, 0.1) is 5.92 Å². The van der Waals surface area contributed by atoms with Crippen molar-refractivity contribution in [2.24, 2.45) is 5.92 Å². The molecule has 0 unspecified atom stereocenters. The normalized spacial score (nSPS) is 25.1. The predicted octanol–water partition coefficient (Wildman–Crippen LogP) is 2.06. The van der Waals surface area contributed by atoms with Crippen molar-refractivity contribution in [2.75, 3.05) is 13.1 Å². The summed E-state index contributed by atoms with van der Waals surface area (Å²) in [5.74, 6) is 0.373. The summed E-state index contributed by atoms with van der Waals surface area (Å²) in [6.07, 6.45) is 1.05. The Morgan fingerprint density at radius 2 is 1.87 bits per heavy atom. The predicted molar refractivity (Wildman–Crippen MR) is 60.7 cm³/mol. The van der Waals surface area contributed by atoms with Crippen LogP contribution in [-0.4, -0.2) is 35.6 Å². The van der Waals surface area contributed by atoms with Gasteiger partial charge in [-0.15, -0.1) is 0 Å². The first-order valence-electron chi connectivity index (χ1n) is 5.85. The summed E-state index contributed by atoms with van der Waals surface area (Å²) >= 11 is 0. The monoisotopic (exact) mass is 213 g/mol. The molecule has 0 bridgehead atoms. The average molecular weight is 213 g/mol. The maximum absolute atomic E-state index is 11.9. The van der Waals surface area contributed by atoms with Gasteiger partial charge in [-0.25, -0.2) is 0 Å². The largest absolute Gasteiger partial charge is 0.372 e. The zero-order valence-corrected chi connectivity index (χ0v) is 10.5. The van der Waals surface area contributed by atoms with Crippen LogP contribution in [0.25, 0.3) is 0 Å². The molecule has 15 heavy (non-hydrogen) atoms. The molecule has 1 aliphatic carbocycles. The van der Waals surface area contributed by atoms with Crippen molar-refractivity contribution >= 4 is 5.91 Å². The minimum atomic E-state index is -0.136. The van der Waals surface area contributed by atoms with E-state index >= 15 is 0 Å². The van der Waals surface area contributed by atoms with Gasteiger partial charge in [-0.05, 0) is 41.0 Å². The first-order chi connectivity index (χ1) is 6.89. The second-order valence-electron chi connectivity index (χ2n) is 5.12. The lowest BCUT2D eigenvalue weighted by Crippen LogP contribution is -2.33. The Kier molecular flexibility index (Phi) is 3.77. The Balaban J connectivity index is 2.40.